The molecule has 0 spiro atoms. The fraction of sp³-hybridized carbons (Fsp3) is 0.120. The molecule has 4 rings (SSSR count). The van der Waals surface area contributed by atoms with Crippen molar-refractivity contribution in [1.82, 2.24) is 15.5 Å². The average Bonchev–Trinajstić information content (AvgIpc) is 3.33. The lowest BCUT2D eigenvalue weighted by Crippen LogP contribution is -2.22. The van der Waals surface area contributed by atoms with Gasteiger partial charge in [0.2, 0.25) is 5.01 Å². The highest BCUT2D eigenvalue weighted by molar-refractivity contribution is 7.13. The number of nitrogens with zero attached hydrogens (tertiary/aromatic N) is 2. The highest BCUT2D eigenvalue weighted by atomic mass is 32.1. The Bertz CT molecular complexity index is 1290. The van der Waals surface area contributed by atoms with Crippen LogP contribution in [0, 0.1) is 12.7 Å². The molecule has 0 aliphatic carbocycles. The van der Waals surface area contributed by atoms with Crippen LogP contribution in [0.15, 0.2) is 72.8 Å². The van der Waals surface area contributed by atoms with Gasteiger partial charge >= 0.3 is 0 Å². The SMILES string of the molecule is Cc1ccccc1NC(=O)c1nnc(COc2ccc(C(=O)NCc3ccc(F)cc3)cc2)s1. The number of hydrogen-bond acceptors (Lipinski definition) is 6. The maximum Gasteiger partial charge on any atom is 0.286 e. The van der Waals surface area contributed by atoms with Crippen LogP contribution >= 0.6 is 11.3 Å². The van der Waals surface area contributed by atoms with E-state index < -0.39 is 0 Å². The molecule has 0 saturated heterocycles. The molecule has 0 unspecified atom stereocenters. The van der Waals surface area contributed by atoms with Gasteiger partial charge in [-0.15, -0.1) is 10.2 Å². The minimum Gasteiger partial charge on any atom is -0.486 e. The maximum atomic E-state index is 13.0. The fourth-order valence-corrected chi connectivity index (χ4v) is 3.67. The van der Waals surface area contributed by atoms with Crippen molar-refractivity contribution in [1.29, 1.82) is 0 Å². The summed E-state index contributed by atoms with van der Waals surface area (Å²) in [6, 6.07) is 20.1. The van der Waals surface area contributed by atoms with Gasteiger partial charge in [-0.25, -0.2) is 4.39 Å². The number of carbonyl (C=O) groups is 2. The molecule has 172 valence electrons. The zero-order valence-electron chi connectivity index (χ0n) is 18.2. The molecule has 0 fully saturated rings. The molecule has 1 aromatic heterocycles. The summed E-state index contributed by atoms with van der Waals surface area (Å²) in [5, 5.41) is 14.4. The minimum atomic E-state index is -0.325. The molecule has 7 nitrogen and oxygen atoms in total. The Morgan fingerprint density at radius 2 is 1.68 bits per heavy atom. The van der Waals surface area contributed by atoms with Crippen LogP contribution in [0.3, 0.4) is 0 Å². The first-order valence-electron chi connectivity index (χ1n) is 10.4. The number of aryl methyl sites for hydroxylation is 1. The molecule has 1 heterocycles. The van der Waals surface area contributed by atoms with Crippen molar-refractivity contribution in [2.75, 3.05) is 5.32 Å². The van der Waals surface area contributed by atoms with Gasteiger partial charge in [0.1, 0.15) is 18.2 Å². The molecule has 3 aromatic carbocycles. The summed E-state index contributed by atoms with van der Waals surface area (Å²) in [6.45, 7) is 2.36. The van der Waals surface area contributed by atoms with Crippen molar-refractivity contribution in [3.8, 4) is 5.75 Å². The molecular formula is C25H21FN4O3S. The summed E-state index contributed by atoms with van der Waals surface area (Å²) in [7, 11) is 0. The Morgan fingerprint density at radius 1 is 0.941 bits per heavy atom. The number of anilines is 1. The number of nitrogens with one attached hydrogen (secondary N) is 2. The van der Waals surface area contributed by atoms with E-state index in [0.29, 0.717) is 22.9 Å². The lowest BCUT2D eigenvalue weighted by molar-refractivity contribution is 0.0950. The van der Waals surface area contributed by atoms with Gasteiger partial charge in [0.25, 0.3) is 11.8 Å². The second kappa shape index (κ2) is 10.7. The Labute approximate surface area is 199 Å². The first-order valence-corrected chi connectivity index (χ1v) is 11.2. The highest BCUT2D eigenvalue weighted by Gasteiger charge is 2.14. The molecule has 0 aliphatic rings. The average molecular weight is 477 g/mol. The third-order valence-electron chi connectivity index (χ3n) is 4.90. The number of halogens is 1. The van der Waals surface area contributed by atoms with Crippen molar-refractivity contribution >= 4 is 28.8 Å². The third kappa shape index (κ3) is 6.02. The summed E-state index contributed by atoms with van der Waals surface area (Å²) < 4.78 is 18.7. The van der Waals surface area contributed by atoms with Crippen LogP contribution in [0.5, 0.6) is 5.75 Å². The normalized spacial score (nSPS) is 10.5. The summed E-state index contributed by atoms with van der Waals surface area (Å²) in [5.74, 6) is -0.337. The van der Waals surface area contributed by atoms with Crippen LogP contribution < -0.4 is 15.4 Å². The van der Waals surface area contributed by atoms with Gasteiger partial charge in [-0.1, -0.05) is 41.7 Å². The van der Waals surface area contributed by atoms with Crippen LogP contribution in [0.1, 0.15) is 36.3 Å². The molecule has 0 atom stereocenters. The Balaban J connectivity index is 1.27. The molecule has 0 bridgehead atoms. The summed E-state index contributed by atoms with van der Waals surface area (Å²) in [6.07, 6.45) is 0. The number of aromatic nitrogens is 2. The fourth-order valence-electron chi connectivity index (χ4n) is 3.03. The van der Waals surface area contributed by atoms with Crippen molar-refractivity contribution in [2.24, 2.45) is 0 Å². The Hall–Kier alpha value is -4.11. The molecule has 2 amide bonds. The van der Waals surface area contributed by atoms with E-state index in [1.54, 1.807) is 36.4 Å². The molecular weight excluding hydrogens is 455 g/mol. The lowest BCUT2D eigenvalue weighted by atomic mass is 10.2. The topological polar surface area (TPSA) is 93.2 Å². The van der Waals surface area contributed by atoms with E-state index in [1.165, 1.54) is 12.1 Å². The Morgan fingerprint density at radius 3 is 2.41 bits per heavy atom. The van der Waals surface area contributed by atoms with Crippen LogP contribution in [0.25, 0.3) is 0 Å². The van der Waals surface area contributed by atoms with E-state index in [-0.39, 0.29) is 29.2 Å². The van der Waals surface area contributed by atoms with E-state index in [1.807, 2.05) is 31.2 Å². The molecule has 0 radical (unpaired) electrons. The first kappa shape index (κ1) is 23.1. The highest BCUT2D eigenvalue weighted by Crippen LogP contribution is 2.19. The molecule has 2 N–H and O–H groups in total. The minimum absolute atomic E-state index is 0.144. The Kier molecular flexibility index (Phi) is 7.24. The number of para-hydroxylation sites is 1. The predicted molar refractivity (Wildman–Crippen MR) is 127 cm³/mol. The van der Waals surface area contributed by atoms with Gasteiger partial charge in [0.15, 0.2) is 5.01 Å². The van der Waals surface area contributed by atoms with Crippen LogP contribution in [0.2, 0.25) is 0 Å². The molecule has 4 aromatic rings. The second-order valence-electron chi connectivity index (χ2n) is 7.39. The van der Waals surface area contributed by atoms with Crippen LogP contribution in [-0.2, 0) is 13.2 Å². The van der Waals surface area contributed by atoms with E-state index in [9.17, 15) is 14.0 Å². The molecule has 0 saturated carbocycles. The number of hydrogen-bond donors (Lipinski definition) is 2. The number of rotatable bonds is 8. The van der Waals surface area contributed by atoms with E-state index >= 15 is 0 Å². The van der Waals surface area contributed by atoms with Crippen molar-refractivity contribution in [3.05, 3.63) is 105 Å². The number of ether oxygens (including phenoxy) is 1. The van der Waals surface area contributed by atoms with E-state index in [0.717, 1.165) is 28.2 Å². The standard InChI is InChI=1S/C25H21FN4O3S/c1-16-4-2-3-5-21(16)28-24(32)25-30-29-22(34-25)15-33-20-12-8-18(9-13-20)23(31)27-14-17-6-10-19(26)11-7-17/h2-13H,14-15H2,1H3,(H,27,31)(H,28,32). The van der Waals surface area contributed by atoms with Crippen LogP contribution in [0.4, 0.5) is 10.1 Å². The molecule has 9 heteroatoms. The van der Waals surface area contributed by atoms with Crippen molar-refractivity contribution in [3.63, 3.8) is 0 Å². The molecule has 0 aliphatic heterocycles. The van der Waals surface area contributed by atoms with Crippen LogP contribution in [-0.4, -0.2) is 22.0 Å². The zero-order chi connectivity index (χ0) is 23.9. The summed E-state index contributed by atoms with van der Waals surface area (Å²) >= 11 is 1.15. The smallest absolute Gasteiger partial charge is 0.286 e. The number of amides is 2. The number of benzene rings is 3. The third-order valence-corrected chi connectivity index (χ3v) is 5.80. The summed E-state index contributed by atoms with van der Waals surface area (Å²) in [5.41, 5.74) is 2.96. The second-order valence-corrected chi connectivity index (χ2v) is 8.45. The van der Waals surface area contributed by atoms with Crippen molar-refractivity contribution < 1.29 is 18.7 Å². The zero-order valence-corrected chi connectivity index (χ0v) is 19.1. The monoisotopic (exact) mass is 476 g/mol. The van der Waals surface area contributed by atoms with Gasteiger partial charge in [0, 0.05) is 17.8 Å². The van der Waals surface area contributed by atoms with Gasteiger partial charge < -0.3 is 15.4 Å². The van der Waals surface area contributed by atoms with Crippen molar-refractivity contribution in [2.45, 2.75) is 20.1 Å². The number of carbonyl (C=O) groups excluding carboxylic acids is 2. The lowest BCUT2D eigenvalue weighted by Gasteiger charge is -2.07. The van der Waals surface area contributed by atoms with E-state index in [2.05, 4.69) is 20.8 Å². The summed E-state index contributed by atoms with van der Waals surface area (Å²) in [4.78, 5) is 24.7. The predicted octanol–water partition coefficient (Wildman–Crippen LogP) is 4.75. The quantitative estimate of drug-likeness (QED) is 0.383. The van der Waals surface area contributed by atoms with Gasteiger partial charge in [0.05, 0.1) is 0 Å². The largest absolute Gasteiger partial charge is 0.486 e. The van der Waals surface area contributed by atoms with Gasteiger partial charge in [-0.3, -0.25) is 9.59 Å². The first-order chi connectivity index (χ1) is 16.5. The van der Waals surface area contributed by atoms with E-state index in [4.69, 9.17) is 4.74 Å². The van der Waals surface area contributed by atoms with Gasteiger partial charge in [-0.05, 0) is 60.5 Å². The van der Waals surface area contributed by atoms with Gasteiger partial charge in [-0.2, -0.15) is 0 Å². The molecule has 34 heavy (non-hydrogen) atoms. The maximum absolute atomic E-state index is 13.0.